The summed E-state index contributed by atoms with van der Waals surface area (Å²) in [7, 11) is 0. The minimum Gasteiger partial charge on any atom is -0.367 e. The van der Waals surface area contributed by atoms with Gasteiger partial charge in [0.15, 0.2) is 0 Å². The van der Waals surface area contributed by atoms with E-state index in [1.807, 2.05) is 35.2 Å². The second-order valence-electron chi connectivity index (χ2n) is 6.85. The normalized spacial score (nSPS) is 16.6. The number of hydrogen-bond donors (Lipinski definition) is 2. The highest BCUT2D eigenvalue weighted by Gasteiger charge is 2.22. The maximum absolute atomic E-state index is 12.3. The molecule has 1 saturated carbocycles. The highest BCUT2D eigenvalue weighted by molar-refractivity contribution is 5.95. The van der Waals surface area contributed by atoms with Crippen LogP contribution in [0.5, 0.6) is 0 Å². The van der Waals surface area contributed by atoms with Crippen LogP contribution in [0.4, 0.5) is 11.5 Å². The molecule has 2 aliphatic rings. The number of nitrogens with zero attached hydrogens (tertiary/aromatic N) is 2. The first-order valence-electron chi connectivity index (χ1n) is 9.09. The van der Waals surface area contributed by atoms with Gasteiger partial charge in [0.05, 0.1) is 5.56 Å². The first-order chi connectivity index (χ1) is 12.7. The zero-order valence-corrected chi connectivity index (χ0v) is 14.6. The fraction of sp³-hybridized carbons (Fsp3) is 0.350. The van der Waals surface area contributed by atoms with E-state index in [4.69, 9.17) is 0 Å². The van der Waals surface area contributed by atoms with Crippen LogP contribution in [0.15, 0.2) is 42.6 Å². The topological polar surface area (TPSA) is 74.3 Å². The van der Waals surface area contributed by atoms with E-state index in [1.54, 1.807) is 12.3 Å². The highest BCUT2D eigenvalue weighted by atomic mass is 16.2. The number of rotatable bonds is 6. The number of benzene rings is 1. The minimum atomic E-state index is -0.144. The third-order valence-corrected chi connectivity index (χ3v) is 4.73. The molecule has 2 amide bonds. The Balaban J connectivity index is 1.31. The van der Waals surface area contributed by atoms with Crippen molar-refractivity contribution >= 4 is 23.3 Å². The lowest BCUT2D eigenvalue weighted by Crippen LogP contribution is -2.24. The Hall–Kier alpha value is -2.89. The summed E-state index contributed by atoms with van der Waals surface area (Å²) in [6.45, 7) is 1.22. The summed E-state index contributed by atoms with van der Waals surface area (Å²) in [5.41, 5.74) is 2.46. The summed E-state index contributed by atoms with van der Waals surface area (Å²) in [4.78, 5) is 30.1. The zero-order chi connectivity index (χ0) is 17.9. The van der Waals surface area contributed by atoms with E-state index in [0.29, 0.717) is 24.6 Å². The second kappa shape index (κ2) is 7.15. The van der Waals surface area contributed by atoms with Crippen LogP contribution in [0, 0.1) is 0 Å². The Morgan fingerprint density at radius 3 is 2.58 bits per heavy atom. The van der Waals surface area contributed by atoms with E-state index in [0.717, 1.165) is 30.0 Å². The van der Waals surface area contributed by atoms with E-state index in [2.05, 4.69) is 15.6 Å². The van der Waals surface area contributed by atoms with Gasteiger partial charge < -0.3 is 15.5 Å². The predicted octanol–water partition coefficient (Wildman–Crippen LogP) is 2.71. The number of pyridine rings is 1. The summed E-state index contributed by atoms with van der Waals surface area (Å²) in [5, 5.41) is 6.21. The molecule has 1 saturated heterocycles. The molecule has 2 fully saturated rings. The molecular formula is C20H22N4O2. The van der Waals surface area contributed by atoms with Crippen molar-refractivity contribution in [2.75, 3.05) is 16.8 Å². The molecule has 1 aromatic carbocycles. The molecule has 2 N–H and O–H groups in total. The Morgan fingerprint density at radius 1 is 1.15 bits per heavy atom. The number of carbonyl (C=O) groups excluding carboxylic acids is 2. The smallest absolute Gasteiger partial charge is 0.253 e. The van der Waals surface area contributed by atoms with Crippen molar-refractivity contribution in [3.05, 3.63) is 53.7 Å². The molecule has 6 nitrogen and oxygen atoms in total. The molecule has 26 heavy (non-hydrogen) atoms. The average molecular weight is 350 g/mol. The van der Waals surface area contributed by atoms with Gasteiger partial charge in [-0.15, -0.1) is 0 Å². The van der Waals surface area contributed by atoms with Gasteiger partial charge in [-0.3, -0.25) is 9.59 Å². The van der Waals surface area contributed by atoms with Crippen molar-refractivity contribution < 1.29 is 9.59 Å². The predicted molar refractivity (Wildman–Crippen MR) is 100 cm³/mol. The Morgan fingerprint density at radius 2 is 1.96 bits per heavy atom. The second-order valence-corrected chi connectivity index (χ2v) is 6.85. The Labute approximate surface area is 152 Å². The molecule has 1 aliphatic heterocycles. The van der Waals surface area contributed by atoms with Gasteiger partial charge in [-0.1, -0.05) is 12.1 Å². The summed E-state index contributed by atoms with van der Waals surface area (Å²) >= 11 is 0. The molecule has 0 unspecified atom stereocenters. The fourth-order valence-electron chi connectivity index (χ4n) is 3.05. The molecule has 0 radical (unpaired) electrons. The summed E-state index contributed by atoms with van der Waals surface area (Å²) in [6, 6.07) is 11.9. The van der Waals surface area contributed by atoms with Crippen molar-refractivity contribution in [1.82, 2.24) is 10.3 Å². The molecular weight excluding hydrogens is 328 g/mol. The average Bonchev–Trinajstić information content (AvgIpc) is 3.38. The third kappa shape index (κ3) is 3.85. The quantitative estimate of drug-likeness (QED) is 0.840. The van der Waals surface area contributed by atoms with Crippen LogP contribution in [-0.2, 0) is 11.3 Å². The maximum atomic E-state index is 12.3. The Bertz CT molecular complexity index is 798. The standard InChI is InChI=1S/C20H22N4O2/c25-19-2-1-11-24(19)17-8-3-14(4-9-17)12-22-20(26)15-5-10-18(21-13-15)23-16-6-7-16/h3-5,8-10,13,16H,1-2,6-7,11-12H2,(H,21,23)(H,22,26). The largest absolute Gasteiger partial charge is 0.367 e. The monoisotopic (exact) mass is 350 g/mol. The van der Waals surface area contributed by atoms with E-state index >= 15 is 0 Å². The minimum absolute atomic E-state index is 0.144. The van der Waals surface area contributed by atoms with Crippen LogP contribution in [0.3, 0.4) is 0 Å². The number of amides is 2. The molecule has 134 valence electrons. The summed E-state index contributed by atoms with van der Waals surface area (Å²) in [6.07, 6.45) is 5.52. The number of hydrogen-bond acceptors (Lipinski definition) is 4. The molecule has 0 bridgehead atoms. The van der Waals surface area contributed by atoms with E-state index in [1.165, 1.54) is 12.8 Å². The van der Waals surface area contributed by atoms with Crippen molar-refractivity contribution in [3.63, 3.8) is 0 Å². The molecule has 0 spiro atoms. The fourth-order valence-corrected chi connectivity index (χ4v) is 3.05. The van der Waals surface area contributed by atoms with Gasteiger partial charge >= 0.3 is 0 Å². The number of aromatic nitrogens is 1. The van der Waals surface area contributed by atoms with Crippen molar-refractivity contribution in [2.24, 2.45) is 0 Å². The zero-order valence-electron chi connectivity index (χ0n) is 14.6. The summed E-state index contributed by atoms with van der Waals surface area (Å²) in [5.74, 6) is 0.851. The van der Waals surface area contributed by atoms with E-state index in [9.17, 15) is 9.59 Å². The number of anilines is 2. The Kier molecular flexibility index (Phi) is 4.56. The molecule has 1 aromatic heterocycles. The van der Waals surface area contributed by atoms with Gasteiger partial charge in [-0.25, -0.2) is 4.98 Å². The van der Waals surface area contributed by atoms with Crippen molar-refractivity contribution in [2.45, 2.75) is 38.3 Å². The number of carbonyl (C=O) groups is 2. The lowest BCUT2D eigenvalue weighted by Gasteiger charge is -2.16. The summed E-state index contributed by atoms with van der Waals surface area (Å²) < 4.78 is 0. The van der Waals surface area contributed by atoms with Gasteiger partial charge in [0, 0.05) is 37.4 Å². The van der Waals surface area contributed by atoms with E-state index in [-0.39, 0.29) is 11.8 Å². The molecule has 6 heteroatoms. The maximum Gasteiger partial charge on any atom is 0.253 e. The van der Waals surface area contributed by atoms with Crippen molar-refractivity contribution in [1.29, 1.82) is 0 Å². The van der Waals surface area contributed by atoms with Crippen LogP contribution in [0.2, 0.25) is 0 Å². The highest BCUT2D eigenvalue weighted by Crippen LogP contribution is 2.23. The van der Waals surface area contributed by atoms with Gasteiger partial charge in [0.2, 0.25) is 5.91 Å². The third-order valence-electron chi connectivity index (χ3n) is 4.73. The van der Waals surface area contributed by atoms with Gasteiger partial charge in [0.25, 0.3) is 5.91 Å². The number of nitrogens with one attached hydrogen (secondary N) is 2. The van der Waals surface area contributed by atoms with Gasteiger partial charge in [-0.2, -0.15) is 0 Å². The molecule has 2 heterocycles. The van der Waals surface area contributed by atoms with Crippen LogP contribution < -0.4 is 15.5 Å². The first-order valence-corrected chi connectivity index (χ1v) is 9.09. The van der Waals surface area contributed by atoms with E-state index < -0.39 is 0 Å². The van der Waals surface area contributed by atoms with Crippen LogP contribution >= 0.6 is 0 Å². The van der Waals surface area contributed by atoms with Gasteiger partial charge in [-0.05, 0) is 49.1 Å². The molecule has 2 aromatic rings. The SMILES string of the molecule is O=C(NCc1ccc(N2CCCC2=O)cc1)c1ccc(NC2CC2)nc1. The van der Waals surface area contributed by atoms with Crippen molar-refractivity contribution in [3.8, 4) is 0 Å². The first kappa shape index (κ1) is 16.6. The molecule has 1 aliphatic carbocycles. The molecule has 0 atom stereocenters. The van der Waals surface area contributed by atoms with Crippen LogP contribution in [0.25, 0.3) is 0 Å². The lowest BCUT2D eigenvalue weighted by molar-refractivity contribution is -0.117. The van der Waals surface area contributed by atoms with Crippen LogP contribution in [-0.4, -0.2) is 29.4 Å². The lowest BCUT2D eigenvalue weighted by atomic mass is 10.2. The van der Waals surface area contributed by atoms with Gasteiger partial charge in [0.1, 0.15) is 5.82 Å². The van der Waals surface area contributed by atoms with Crippen LogP contribution in [0.1, 0.15) is 41.6 Å². The molecule has 4 rings (SSSR count).